The summed E-state index contributed by atoms with van der Waals surface area (Å²) >= 11 is 0. The molecule has 0 aliphatic carbocycles. The van der Waals surface area contributed by atoms with Crippen molar-refractivity contribution in [2.24, 2.45) is 5.73 Å². The Morgan fingerprint density at radius 1 is 0.711 bits per heavy atom. The number of ether oxygens (including phenoxy) is 5. The SMILES string of the molecule is CCOC(=O)C1=CC=CN(C2OC(COC(=O)c3ccccc3)C(OC(=O)c3ccccc3)C2OC(=O)c2ccccc2)C1N. The van der Waals surface area contributed by atoms with Gasteiger partial charge >= 0.3 is 23.9 Å². The van der Waals surface area contributed by atoms with Crippen LogP contribution in [0.1, 0.15) is 38.0 Å². The van der Waals surface area contributed by atoms with Crippen molar-refractivity contribution in [2.75, 3.05) is 13.2 Å². The summed E-state index contributed by atoms with van der Waals surface area (Å²) < 4.78 is 29.0. The van der Waals surface area contributed by atoms with E-state index in [2.05, 4.69) is 0 Å². The lowest BCUT2D eigenvalue weighted by molar-refractivity contribution is -0.140. The summed E-state index contributed by atoms with van der Waals surface area (Å²) in [4.78, 5) is 53.7. The summed E-state index contributed by atoms with van der Waals surface area (Å²) in [5.74, 6) is -2.69. The molecule has 5 rings (SSSR count). The fraction of sp³-hybridized carbons (Fsp3) is 0.235. The summed E-state index contributed by atoms with van der Waals surface area (Å²) in [7, 11) is 0. The van der Waals surface area contributed by atoms with Crippen LogP contribution in [0.3, 0.4) is 0 Å². The number of nitrogens with zero attached hydrogens (tertiary/aromatic N) is 1. The van der Waals surface area contributed by atoms with Gasteiger partial charge in [0.1, 0.15) is 18.9 Å². The Labute approximate surface area is 259 Å². The van der Waals surface area contributed by atoms with Gasteiger partial charge in [-0.3, -0.25) is 0 Å². The van der Waals surface area contributed by atoms with Crippen LogP contribution in [-0.2, 0) is 28.5 Å². The molecule has 2 aliphatic rings. The maximum absolute atomic E-state index is 13.4. The van der Waals surface area contributed by atoms with Gasteiger partial charge < -0.3 is 34.3 Å². The number of allylic oxidation sites excluding steroid dienone is 2. The Kier molecular flexibility index (Phi) is 10.0. The molecule has 232 valence electrons. The first kappa shape index (κ1) is 31.2. The molecule has 11 nitrogen and oxygen atoms in total. The molecular weight excluding hydrogens is 580 g/mol. The van der Waals surface area contributed by atoms with Gasteiger partial charge in [-0.25, -0.2) is 19.2 Å². The highest BCUT2D eigenvalue weighted by Gasteiger charge is 2.53. The summed E-state index contributed by atoms with van der Waals surface area (Å²) in [5, 5.41) is 0. The van der Waals surface area contributed by atoms with Crippen molar-refractivity contribution in [1.29, 1.82) is 0 Å². The fourth-order valence-corrected chi connectivity index (χ4v) is 4.94. The number of carbonyl (C=O) groups is 4. The molecule has 0 amide bonds. The first-order valence-electron chi connectivity index (χ1n) is 14.4. The highest BCUT2D eigenvalue weighted by atomic mass is 16.7. The van der Waals surface area contributed by atoms with Crippen molar-refractivity contribution >= 4 is 23.9 Å². The summed E-state index contributed by atoms with van der Waals surface area (Å²) in [6.45, 7) is 1.45. The number of benzene rings is 3. The van der Waals surface area contributed by atoms with Gasteiger partial charge in [0.25, 0.3) is 0 Å². The van der Waals surface area contributed by atoms with E-state index in [9.17, 15) is 19.2 Å². The normalized spacial score (nSPS) is 22.2. The molecule has 0 saturated carbocycles. The number of rotatable bonds is 10. The largest absolute Gasteiger partial charge is 0.463 e. The average Bonchev–Trinajstić information content (AvgIpc) is 3.40. The van der Waals surface area contributed by atoms with Crippen LogP contribution in [0.25, 0.3) is 0 Å². The lowest BCUT2D eigenvalue weighted by atomic mass is 10.1. The minimum absolute atomic E-state index is 0.132. The van der Waals surface area contributed by atoms with Gasteiger partial charge in [-0.2, -0.15) is 0 Å². The Bertz CT molecular complexity index is 1560. The third-order valence-corrected chi connectivity index (χ3v) is 7.16. The minimum atomic E-state index is -1.27. The van der Waals surface area contributed by atoms with Gasteiger partial charge in [-0.15, -0.1) is 0 Å². The molecule has 3 aromatic rings. The minimum Gasteiger partial charge on any atom is -0.463 e. The number of carbonyl (C=O) groups excluding carboxylic acids is 4. The molecule has 0 spiro atoms. The zero-order valence-electron chi connectivity index (χ0n) is 24.4. The summed E-state index contributed by atoms with van der Waals surface area (Å²) in [5.41, 5.74) is 7.44. The van der Waals surface area contributed by atoms with Crippen LogP contribution in [0.4, 0.5) is 0 Å². The number of nitrogens with two attached hydrogens (primary N) is 1. The van der Waals surface area contributed by atoms with E-state index in [0.29, 0.717) is 5.56 Å². The Morgan fingerprint density at radius 3 is 1.76 bits per heavy atom. The number of hydrogen-bond donors (Lipinski definition) is 1. The van der Waals surface area contributed by atoms with Gasteiger partial charge in [0.05, 0.1) is 28.9 Å². The van der Waals surface area contributed by atoms with Crippen molar-refractivity contribution in [1.82, 2.24) is 4.90 Å². The maximum atomic E-state index is 13.4. The molecule has 5 unspecified atom stereocenters. The predicted octanol–water partition coefficient (Wildman–Crippen LogP) is 3.62. The average molecular weight is 613 g/mol. The van der Waals surface area contributed by atoms with Crippen LogP contribution < -0.4 is 5.73 Å². The molecule has 0 aromatic heterocycles. The molecule has 2 heterocycles. The van der Waals surface area contributed by atoms with Crippen molar-refractivity contribution in [2.45, 2.75) is 37.6 Å². The monoisotopic (exact) mass is 612 g/mol. The van der Waals surface area contributed by atoms with Crippen molar-refractivity contribution < 1.29 is 42.9 Å². The second kappa shape index (κ2) is 14.5. The second-order valence-corrected chi connectivity index (χ2v) is 10.1. The molecule has 2 N–H and O–H groups in total. The van der Waals surface area contributed by atoms with Crippen molar-refractivity contribution in [3.63, 3.8) is 0 Å². The third kappa shape index (κ3) is 7.28. The zero-order valence-corrected chi connectivity index (χ0v) is 24.4. The molecular formula is C34H32N2O9. The first-order valence-corrected chi connectivity index (χ1v) is 14.4. The quantitative estimate of drug-likeness (QED) is 0.265. The molecule has 0 bridgehead atoms. The number of hydrogen-bond acceptors (Lipinski definition) is 11. The lowest BCUT2D eigenvalue weighted by Crippen LogP contribution is -2.54. The Balaban J connectivity index is 1.48. The van der Waals surface area contributed by atoms with Crippen LogP contribution >= 0.6 is 0 Å². The predicted molar refractivity (Wildman–Crippen MR) is 160 cm³/mol. The van der Waals surface area contributed by atoms with Gasteiger partial charge in [0, 0.05) is 6.20 Å². The van der Waals surface area contributed by atoms with Gasteiger partial charge in [-0.05, 0) is 55.5 Å². The molecule has 1 fully saturated rings. The Morgan fingerprint density at radius 2 is 1.22 bits per heavy atom. The fourth-order valence-electron chi connectivity index (χ4n) is 4.94. The highest BCUT2D eigenvalue weighted by Crippen LogP contribution is 2.33. The zero-order chi connectivity index (χ0) is 31.8. The molecule has 3 aromatic carbocycles. The van der Waals surface area contributed by atoms with E-state index >= 15 is 0 Å². The number of esters is 4. The summed E-state index contributed by atoms with van der Waals surface area (Å²) in [6.07, 6.45) is -1.21. The standard InChI is InChI=1S/C34H32N2O9/c1-2-41-34(40)25-19-12-20-36(29(25)35)30-28(45-33(39)24-17-10-5-11-18-24)27(44-32(38)23-15-8-4-9-16-23)26(43-30)21-42-31(37)22-13-6-3-7-14-22/h3-20,26-30H,2,21,35H2,1H3. The molecule has 0 radical (unpaired) electrons. The molecule has 1 saturated heterocycles. The van der Waals surface area contributed by atoms with E-state index in [1.165, 1.54) is 11.0 Å². The van der Waals surface area contributed by atoms with E-state index in [0.717, 1.165) is 0 Å². The van der Waals surface area contributed by atoms with E-state index in [1.807, 2.05) is 0 Å². The molecule has 2 aliphatic heterocycles. The van der Waals surface area contributed by atoms with E-state index in [4.69, 9.17) is 29.4 Å². The van der Waals surface area contributed by atoms with Crippen LogP contribution in [0.5, 0.6) is 0 Å². The molecule has 45 heavy (non-hydrogen) atoms. The molecule has 5 atom stereocenters. The summed E-state index contributed by atoms with van der Waals surface area (Å²) in [6, 6.07) is 24.9. The van der Waals surface area contributed by atoms with Crippen LogP contribution in [0.15, 0.2) is 115 Å². The second-order valence-electron chi connectivity index (χ2n) is 10.1. The maximum Gasteiger partial charge on any atom is 0.338 e. The van der Waals surface area contributed by atoms with E-state index in [1.54, 1.807) is 110 Å². The van der Waals surface area contributed by atoms with E-state index < -0.39 is 54.6 Å². The van der Waals surface area contributed by atoms with Crippen LogP contribution in [0, 0.1) is 0 Å². The van der Waals surface area contributed by atoms with Crippen molar-refractivity contribution in [3.8, 4) is 0 Å². The van der Waals surface area contributed by atoms with E-state index in [-0.39, 0.29) is 29.9 Å². The molecule has 11 heteroatoms. The van der Waals surface area contributed by atoms with Crippen LogP contribution in [-0.4, -0.2) is 72.7 Å². The smallest absolute Gasteiger partial charge is 0.338 e. The van der Waals surface area contributed by atoms with Gasteiger partial charge in [-0.1, -0.05) is 54.6 Å². The third-order valence-electron chi connectivity index (χ3n) is 7.16. The highest BCUT2D eigenvalue weighted by molar-refractivity contribution is 5.91. The van der Waals surface area contributed by atoms with Gasteiger partial charge in [0.15, 0.2) is 18.4 Å². The van der Waals surface area contributed by atoms with Crippen molar-refractivity contribution in [3.05, 3.63) is 132 Å². The first-order chi connectivity index (χ1) is 21.9. The topological polar surface area (TPSA) is 144 Å². The Hall–Kier alpha value is -5.26. The lowest BCUT2D eigenvalue weighted by Gasteiger charge is -2.37. The van der Waals surface area contributed by atoms with Gasteiger partial charge in [0.2, 0.25) is 0 Å². The van der Waals surface area contributed by atoms with Crippen LogP contribution in [0.2, 0.25) is 0 Å².